The van der Waals surface area contributed by atoms with Crippen LogP contribution in [0.5, 0.6) is 0 Å². The molecule has 2 heterocycles. The first-order valence-electron chi connectivity index (χ1n) is 10.3. The Kier molecular flexibility index (Phi) is 4.72. The largest absolute Gasteiger partial charge is 0.422 e. The smallest absolute Gasteiger partial charge is 0.345 e. The third-order valence-corrected chi connectivity index (χ3v) is 5.47. The maximum Gasteiger partial charge on any atom is 0.345 e. The van der Waals surface area contributed by atoms with E-state index < -0.39 is 0 Å². The highest BCUT2D eigenvalue weighted by Gasteiger charge is 2.13. The standard InChI is InChI=1S/C28H21NO2/c1-18-7-11-20(12-8-18)23-16-25(21-13-9-19(2)10-14-21)29-26(17-23)24-15-22-5-3-4-6-27(22)31-28(24)30/h3-17H,1-2H3. The van der Waals surface area contributed by atoms with E-state index in [1.54, 1.807) is 6.07 Å². The van der Waals surface area contributed by atoms with E-state index >= 15 is 0 Å². The van der Waals surface area contributed by atoms with Crippen LogP contribution in [0.3, 0.4) is 0 Å². The number of fused-ring (bicyclic) bond motifs is 1. The van der Waals surface area contributed by atoms with Crippen LogP contribution in [0.4, 0.5) is 0 Å². The van der Waals surface area contributed by atoms with E-state index in [0.717, 1.165) is 27.8 Å². The summed E-state index contributed by atoms with van der Waals surface area (Å²) in [5, 5.41) is 0.872. The van der Waals surface area contributed by atoms with Crippen molar-refractivity contribution in [1.29, 1.82) is 0 Å². The predicted octanol–water partition coefficient (Wildman–Crippen LogP) is 6.81. The second kappa shape index (κ2) is 7.69. The van der Waals surface area contributed by atoms with Crippen molar-refractivity contribution in [2.45, 2.75) is 13.8 Å². The first-order valence-corrected chi connectivity index (χ1v) is 10.3. The van der Waals surface area contributed by atoms with E-state index in [1.165, 1.54) is 11.1 Å². The number of aryl methyl sites for hydroxylation is 2. The number of benzene rings is 3. The fourth-order valence-electron chi connectivity index (χ4n) is 3.69. The summed E-state index contributed by atoms with van der Waals surface area (Å²) in [5.41, 5.74) is 7.55. The maximum atomic E-state index is 12.8. The highest BCUT2D eigenvalue weighted by Crippen LogP contribution is 2.30. The average molecular weight is 403 g/mol. The van der Waals surface area contributed by atoms with Gasteiger partial charge in [0.15, 0.2) is 0 Å². The van der Waals surface area contributed by atoms with E-state index in [1.807, 2.05) is 30.3 Å². The molecule has 5 rings (SSSR count). The lowest BCUT2D eigenvalue weighted by atomic mass is 9.99. The number of pyridine rings is 1. The van der Waals surface area contributed by atoms with Gasteiger partial charge >= 0.3 is 5.63 Å². The molecule has 0 bridgehead atoms. The van der Waals surface area contributed by atoms with Crippen molar-refractivity contribution in [2.75, 3.05) is 0 Å². The van der Waals surface area contributed by atoms with Crippen LogP contribution in [-0.4, -0.2) is 4.98 Å². The molecule has 0 fully saturated rings. The lowest BCUT2D eigenvalue weighted by molar-refractivity contribution is 0.563. The minimum Gasteiger partial charge on any atom is -0.422 e. The molecule has 2 aromatic heterocycles. The van der Waals surface area contributed by atoms with Gasteiger partial charge in [-0.05, 0) is 49.2 Å². The van der Waals surface area contributed by atoms with Crippen LogP contribution in [0.2, 0.25) is 0 Å². The monoisotopic (exact) mass is 403 g/mol. The molecule has 0 radical (unpaired) electrons. The average Bonchev–Trinajstić information content (AvgIpc) is 2.79. The van der Waals surface area contributed by atoms with E-state index in [9.17, 15) is 4.79 Å². The third-order valence-electron chi connectivity index (χ3n) is 5.47. The first kappa shape index (κ1) is 19.0. The summed E-state index contributed by atoms with van der Waals surface area (Å²) in [6.07, 6.45) is 0. The number of rotatable bonds is 3. The van der Waals surface area contributed by atoms with E-state index in [2.05, 4.69) is 68.4 Å². The van der Waals surface area contributed by atoms with Crippen molar-refractivity contribution in [1.82, 2.24) is 4.98 Å². The summed E-state index contributed by atoms with van der Waals surface area (Å²) in [4.78, 5) is 17.7. The van der Waals surface area contributed by atoms with Crippen LogP contribution >= 0.6 is 0 Å². The van der Waals surface area contributed by atoms with Gasteiger partial charge in [0.1, 0.15) is 5.58 Å². The number of aromatic nitrogens is 1. The molecule has 0 unspecified atom stereocenters. The van der Waals surface area contributed by atoms with E-state index in [0.29, 0.717) is 16.8 Å². The zero-order valence-corrected chi connectivity index (χ0v) is 17.4. The molecule has 3 aromatic carbocycles. The fourth-order valence-corrected chi connectivity index (χ4v) is 3.69. The third kappa shape index (κ3) is 3.78. The molecule has 3 heteroatoms. The fraction of sp³-hybridized carbons (Fsp3) is 0.0714. The van der Waals surface area contributed by atoms with Gasteiger partial charge in [0, 0.05) is 10.9 Å². The summed E-state index contributed by atoms with van der Waals surface area (Å²) >= 11 is 0. The maximum absolute atomic E-state index is 12.8. The molecule has 0 aliphatic heterocycles. The Balaban J connectivity index is 1.75. The van der Waals surface area contributed by atoms with Gasteiger partial charge in [-0.15, -0.1) is 0 Å². The Hall–Kier alpha value is -3.98. The van der Waals surface area contributed by atoms with Crippen molar-refractivity contribution < 1.29 is 4.42 Å². The van der Waals surface area contributed by atoms with Gasteiger partial charge in [-0.3, -0.25) is 0 Å². The number of nitrogens with zero attached hydrogens (tertiary/aromatic N) is 1. The minimum absolute atomic E-state index is 0.387. The molecule has 0 amide bonds. The normalized spacial score (nSPS) is 11.0. The number of hydrogen-bond acceptors (Lipinski definition) is 3. The molecule has 150 valence electrons. The Morgan fingerprint density at radius 2 is 1.26 bits per heavy atom. The summed E-state index contributed by atoms with van der Waals surface area (Å²) in [5.74, 6) is 0. The lowest BCUT2D eigenvalue weighted by Crippen LogP contribution is -2.04. The van der Waals surface area contributed by atoms with Crippen LogP contribution < -0.4 is 5.63 Å². The van der Waals surface area contributed by atoms with Crippen LogP contribution in [0, 0.1) is 13.8 Å². The van der Waals surface area contributed by atoms with Gasteiger partial charge in [-0.25, -0.2) is 9.78 Å². The Bertz CT molecular complexity index is 1380. The number of hydrogen-bond donors (Lipinski definition) is 0. The van der Waals surface area contributed by atoms with Gasteiger partial charge in [0.25, 0.3) is 0 Å². The second-order valence-corrected chi connectivity index (χ2v) is 7.84. The predicted molar refractivity (Wildman–Crippen MR) is 126 cm³/mol. The second-order valence-electron chi connectivity index (χ2n) is 7.84. The van der Waals surface area contributed by atoms with Crippen LogP contribution in [-0.2, 0) is 0 Å². The zero-order chi connectivity index (χ0) is 21.4. The SMILES string of the molecule is Cc1ccc(-c2cc(-c3ccc(C)cc3)nc(-c3cc4ccccc4oc3=O)c2)cc1. The van der Waals surface area contributed by atoms with E-state index in [-0.39, 0.29) is 5.63 Å². The molecule has 0 aliphatic carbocycles. The Morgan fingerprint density at radius 1 is 0.645 bits per heavy atom. The van der Waals surface area contributed by atoms with Gasteiger partial charge in [-0.1, -0.05) is 77.9 Å². The summed E-state index contributed by atoms with van der Waals surface area (Å²) in [7, 11) is 0. The van der Waals surface area contributed by atoms with Gasteiger partial charge in [0.2, 0.25) is 0 Å². The van der Waals surface area contributed by atoms with Crippen molar-refractivity contribution in [3.05, 3.63) is 113 Å². The molecule has 0 saturated carbocycles. The molecular weight excluding hydrogens is 382 g/mol. The van der Waals surface area contributed by atoms with Crippen LogP contribution in [0.1, 0.15) is 11.1 Å². The zero-order valence-electron chi connectivity index (χ0n) is 17.4. The number of para-hydroxylation sites is 1. The quantitative estimate of drug-likeness (QED) is 0.311. The van der Waals surface area contributed by atoms with Crippen molar-refractivity contribution in [3.8, 4) is 33.6 Å². The molecule has 0 N–H and O–H groups in total. The molecule has 0 atom stereocenters. The topological polar surface area (TPSA) is 43.1 Å². The minimum atomic E-state index is -0.387. The molecule has 31 heavy (non-hydrogen) atoms. The van der Waals surface area contributed by atoms with Crippen molar-refractivity contribution in [3.63, 3.8) is 0 Å². The van der Waals surface area contributed by atoms with Gasteiger partial charge in [-0.2, -0.15) is 0 Å². The molecular formula is C28H21NO2. The molecule has 5 aromatic rings. The highest BCUT2D eigenvalue weighted by atomic mass is 16.4. The van der Waals surface area contributed by atoms with Crippen molar-refractivity contribution >= 4 is 11.0 Å². The summed E-state index contributed by atoms with van der Waals surface area (Å²) < 4.78 is 5.57. The lowest BCUT2D eigenvalue weighted by Gasteiger charge is -2.10. The summed E-state index contributed by atoms with van der Waals surface area (Å²) in [6.45, 7) is 4.13. The van der Waals surface area contributed by atoms with Gasteiger partial charge < -0.3 is 4.42 Å². The first-order chi connectivity index (χ1) is 15.1. The molecule has 0 aliphatic rings. The molecule has 0 spiro atoms. The molecule has 3 nitrogen and oxygen atoms in total. The van der Waals surface area contributed by atoms with Crippen molar-refractivity contribution in [2.24, 2.45) is 0 Å². The molecule has 0 saturated heterocycles. The van der Waals surface area contributed by atoms with Crippen LogP contribution in [0.25, 0.3) is 44.6 Å². The Labute approximate surface area is 180 Å². The highest BCUT2D eigenvalue weighted by molar-refractivity contribution is 5.83. The summed E-state index contributed by atoms with van der Waals surface area (Å²) in [6, 6.07) is 30.0. The van der Waals surface area contributed by atoms with Crippen LogP contribution in [0.15, 0.2) is 100 Å². The van der Waals surface area contributed by atoms with Gasteiger partial charge in [0.05, 0.1) is 17.0 Å². The Morgan fingerprint density at radius 3 is 1.97 bits per heavy atom. The van der Waals surface area contributed by atoms with E-state index in [4.69, 9.17) is 9.40 Å².